The second kappa shape index (κ2) is 7.09. The number of aliphatic carboxylic acids is 1. The highest BCUT2D eigenvalue weighted by molar-refractivity contribution is 5.89. The number of carbonyl (C=O) groups excluding carboxylic acids is 1. The number of carboxylic acid groups (broad SMARTS) is 1. The number of urea groups is 1. The molecule has 0 aromatic carbocycles. The number of alkyl halides is 3. The molecule has 1 aromatic heterocycles. The van der Waals surface area contributed by atoms with Crippen LogP contribution in [0.1, 0.15) is 6.92 Å². The minimum atomic E-state index is -4.56. The molecule has 1 unspecified atom stereocenters. The van der Waals surface area contributed by atoms with E-state index in [0.717, 1.165) is 13.1 Å². The van der Waals surface area contributed by atoms with E-state index in [0.29, 0.717) is 0 Å². The van der Waals surface area contributed by atoms with Crippen LogP contribution in [-0.2, 0) is 4.79 Å². The molecule has 0 aliphatic rings. The van der Waals surface area contributed by atoms with Crippen LogP contribution in [0.5, 0.6) is 6.01 Å². The SMILES string of the molecule is CC(O)(CNC(=O)Nc1ccnc(OCC(F)(F)F)n1)C(=O)O. The van der Waals surface area contributed by atoms with Gasteiger partial charge in [0.05, 0.1) is 6.54 Å². The number of aromatic nitrogens is 2. The normalized spacial score (nSPS) is 13.8. The van der Waals surface area contributed by atoms with E-state index in [2.05, 4.69) is 25.3 Å². The van der Waals surface area contributed by atoms with Gasteiger partial charge in [0.15, 0.2) is 12.2 Å². The standard InChI is InChI=1S/C11H13F3N4O5/c1-10(22,7(19)20)4-16-8(21)17-6-2-3-15-9(18-6)23-5-11(12,13)14/h2-3,22H,4-5H2,1H3,(H,19,20)(H2,15,16,17,18,21). The zero-order valence-electron chi connectivity index (χ0n) is 11.7. The summed E-state index contributed by atoms with van der Waals surface area (Å²) in [5.74, 6) is -1.72. The Labute approximate surface area is 127 Å². The molecule has 9 nitrogen and oxygen atoms in total. The molecule has 0 aliphatic carbocycles. The molecule has 0 saturated heterocycles. The Hall–Kier alpha value is -2.63. The van der Waals surface area contributed by atoms with Crippen LogP contribution in [0.3, 0.4) is 0 Å². The molecule has 0 fully saturated rings. The maximum Gasteiger partial charge on any atom is 0.422 e. The number of halogens is 3. The number of ether oxygens (including phenoxy) is 1. The number of amides is 2. The lowest BCUT2D eigenvalue weighted by Gasteiger charge is -2.18. The Morgan fingerprint density at radius 2 is 2.04 bits per heavy atom. The van der Waals surface area contributed by atoms with Crippen molar-refractivity contribution in [1.29, 1.82) is 0 Å². The molecule has 1 aromatic rings. The van der Waals surface area contributed by atoms with E-state index < -0.39 is 42.9 Å². The van der Waals surface area contributed by atoms with Crippen molar-refractivity contribution < 1.29 is 37.7 Å². The Kier molecular flexibility index (Phi) is 5.68. The third-order valence-corrected chi connectivity index (χ3v) is 2.29. The predicted octanol–water partition coefficient (Wildman–Crippen LogP) is 0.375. The number of carboxylic acids is 1. The van der Waals surface area contributed by atoms with Gasteiger partial charge in [0.2, 0.25) is 0 Å². The van der Waals surface area contributed by atoms with Gasteiger partial charge in [0.1, 0.15) is 5.82 Å². The number of hydrogen-bond donors (Lipinski definition) is 4. The van der Waals surface area contributed by atoms with Crippen LogP contribution in [0.15, 0.2) is 12.3 Å². The van der Waals surface area contributed by atoms with Crippen molar-refractivity contribution in [3.8, 4) is 6.01 Å². The fraction of sp³-hybridized carbons (Fsp3) is 0.455. The van der Waals surface area contributed by atoms with Gasteiger partial charge in [0.25, 0.3) is 0 Å². The summed E-state index contributed by atoms with van der Waals surface area (Å²) in [7, 11) is 0. The molecule has 1 heterocycles. The highest BCUT2D eigenvalue weighted by Crippen LogP contribution is 2.16. The number of rotatable bonds is 6. The van der Waals surface area contributed by atoms with Crippen LogP contribution in [0.4, 0.5) is 23.8 Å². The van der Waals surface area contributed by atoms with Crippen LogP contribution >= 0.6 is 0 Å². The average molecular weight is 338 g/mol. The highest BCUT2D eigenvalue weighted by Gasteiger charge is 2.30. The molecule has 0 radical (unpaired) electrons. The van der Waals surface area contributed by atoms with Crippen molar-refractivity contribution in [3.63, 3.8) is 0 Å². The molecule has 2 amide bonds. The molecule has 128 valence electrons. The summed E-state index contributed by atoms with van der Waals surface area (Å²) in [4.78, 5) is 29.1. The van der Waals surface area contributed by atoms with Gasteiger partial charge in [-0.25, -0.2) is 14.6 Å². The monoisotopic (exact) mass is 338 g/mol. The van der Waals surface area contributed by atoms with Crippen LogP contribution in [-0.4, -0.2) is 57.1 Å². The Bertz CT molecular complexity index is 579. The Balaban J connectivity index is 2.57. The van der Waals surface area contributed by atoms with Gasteiger partial charge in [-0.15, -0.1) is 0 Å². The zero-order valence-corrected chi connectivity index (χ0v) is 11.7. The molecule has 0 spiro atoms. The number of anilines is 1. The highest BCUT2D eigenvalue weighted by atomic mass is 19.4. The first kappa shape index (κ1) is 18.4. The predicted molar refractivity (Wildman–Crippen MR) is 68.9 cm³/mol. The molecule has 1 rings (SSSR count). The minimum Gasteiger partial charge on any atom is -0.479 e. The molecule has 0 bridgehead atoms. The molecule has 0 saturated carbocycles. The molecule has 4 N–H and O–H groups in total. The fourth-order valence-corrected chi connectivity index (χ4v) is 1.11. The van der Waals surface area contributed by atoms with E-state index in [9.17, 15) is 27.9 Å². The summed E-state index contributed by atoms with van der Waals surface area (Å²) < 4.78 is 40.3. The molecule has 12 heteroatoms. The third-order valence-electron chi connectivity index (χ3n) is 2.29. The Morgan fingerprint density at radius 1 is 1.39 bits per heavy atom. The molecule has 1 atom stereocenters. The van der Waals surface area contributed by atoms with Gasteiger partial charge in [0, 0.05) is 6.20 Å². The van der Waals surface area contributed by atoms with Gasteiger partial charge in [-0.1, -0.05) is 0 Å². The lowest BCUT2D eigenvalue weighted by Crippen LogP contribution is -2.47. The number of nitrogens with one attached hydrogen (secondary N) is 2. The van der Waals surface area contributed by atoms with Gasteiger partial charge in [-0.2, -0.15) is 18.2 Å². The topological polar surface area (TPSA) is 134 Å². The molecular weight excluding hydrogens is 325 g/mol. The van der Waals surface area contributed by atoms with E-state index in [4.69, 9.17) is 5.11 Å². The summed E-state index contributed by atoms with van der Waals surface area (Å²) in [5.41, 5.74) is -2.18. The zero-order chi connectivity index (χ0) is 17.7. The largest absolute Gasteiger partial charge is 0.479 e. The lowest BCUT2D eigenvalue weighted by molar-refractivity contribution is -0.156. The van der Waals surface area contributed by atoms with E-state index >= 15 is 0 Å². The summed E-state index contributed by atoms with van der Waals surface area (Å²) in [6, 6.07) is -0.348. The van der Waals surface area contributed by atoms with E-state index in [-0.39, 0.29) is 5.82 Å². The molecular formula is C11H13F3N4O5. The quantitative estimate of drug-likeness (QED) is 0.589. The minimum absolute atomic E-state index is 0.176. The first-order chi connectivity index (χ1) is 10.5. The Morgan fingerprint density at radius 3 is 2.61 bits per heavy atom. The van der Waals surface area contributed by atoms with Gasteiger partial charge < -0.3 is 20.3 Å². The van der Waals surface area contributed by atoms with Crippen LogP contribution in [0, 0.1) is 0 Å². The second-order valence-electron chi connectivity index (χ2n) is 4.51. The maximum absolute atomic E-state index is 12.0. The lowest BCUT2D eigenvalue weighted by atomic mass is 10.1. The average Bonchev–Trinajstić information content (AvgIpc) is 2.43. The van der Waals surface area contributed by atoms with Crippen molar-refractivity contribution in [1.82, 2.24) is 15.3 Å². The third kappa shape index (κ3) is 6.78. The summed E-state index contributed by atoms with van der Waals surface area (Å²) in [6.07, 6.45) is -3.51. The van der Waals surface area contributed by atoms with Crippen molar-refractivity contribution in [2.24, 2.45) is 0 Å². The van der Waals surface area contributed by atoms with E-state index in [1.165, 1.54) is 6.07 Å². The van der Waals surface area contributed by atoms with E-state index in [1.54, 1.807) is 0 Å². The van der Waals surface area contributed by atoms with Crippen LogP contribution in [0.25, 0.3) is 0 Å². The van der Waals surface area contributed by atoms with Crippen molar-refractivity contribution in [2.45, 2.75) is 18.7 Å². The van der Waals surface area contributed by atoms with Crippen LogP contribution < -0.4 is 15.4 Å². The van der Waals surface area contributed by atoms with E-state index in [1.807, 2.05) is 0 Å². The van der Waals surface area contributed by atoms with Crippen molar-refractivity contribution >= 4 is 17.8 Å². The number of aliphatic hydroxyl groups is 1. The fourth-order valence-electron chi connectivity index (χ4n) is 1.11. The summed E-state index contributed by atoms with van der Waals surface area (Å²) >= 11 is 0. The number of carbonyl (C=O) groups is 2. The first-order valence-corrected chi connectivity index (χ1v) is 6.03. The molecule has 0 aliphatic heterocycles. The number of hydrogen-bond acceptors (Lipinski definition) is 6. The number of nitrogens with zero attached hydrogens (tertiary/aromatic N) is 2. The van der Waals surface area contributed by atoms with Crippen molar-refractivity contribution in [2.75, 3.05) is 18.5 Å². The summed E-state index contributed by atoms with van der Waals surface area (Å²) in [6.45, 7) is -1.22. The maximum atomic E-state index is 12.0. The van der Waals surface area contributed by atoms with Crippen molar-refractivity contribution in [3.05, 3.63) is 12.3 Å². The van der Waals surface area contributed by atoms with Gasteiger partial charge >= 0.3 is 24.2 Å². The smallest absolute Gasteiger partial charge is 0.422 e. The second-order valence-corrected chi connectivity index (χ2v) is 4.51. The van der Waals surface area contributed by atoms with Gasteiger partial charge in [-0.05, 0) is 13.0 Å². The molecule has 23 heavy (non-hydrogen) atoms. The van der Waals surface area contributed by atoms with Gasteiger partial charge in [-0.3, -0.25) is 5.32 Å². The summed E-state index contributed by atoms with van der Waals surface area (Å²) in [5, 5.41) is 22.2. The first-order valence-electron chi connectivity index (χ1n) is 6.03. The van der Waals surface area contributed by atoms with Crippen LogP contribution in [0.2, 0.25) is 0 Å².